The summed E-state index contributed by atoms with van der Waals surface area (Å²) in [5.41, 5.74) is 1.46. The molecule has 1 aromatic rings. The first-order valence-electron chi connectivity index (χ1n) is 9.33. The van der Waals surface area contributed by atoms with Gasteiger partial charge in [0.2, 0.25) is 0 Å². The first-order chi connectivity index (χ1) is 11.3. The Morgan fingerprint density at radius 2 is 1.72 bits per heavy atom. The largest absolute Gasteiger partial charge is 0.498 e. The summed E-state index contributed by atoms with van der Waals surface area (Å²) in [5, 5.41) is 4.55. The van der Waals surface area contributed by atoms with Gasteiger partial charge >= 0.3 is 7.12 Å². The smallest absolute Gasteiger partial charge is 0.399 e. The van der Waals surface area contributed by atoms with Crippen LogP contribution in [0.3, 0.4) is 0 Å². The predicted octanol–water partition coefficient (Wildman–Crippen LogP) is 3.62. The number of ether oxygens (including phenoxy) is 1. The summed E-state index contributed by atoms with van der Waals surface area (Å²) < 4.78 is 20.3. The van der Waals surface area contributed by atoms with Crippen molar-refractivity contribution in [3.8, 4) is 0 Å². The van der Waals surface area contributed by atoms with Gasteiger partial charge < -0.3 is 14.0 Å². The van der Waals surface area contributed by atoms with Crippen molar-refractivity contribution in [3.05, 3.63) is 11.9 Å². The summed E-state index contributed by atoms with van der Waals surface area (Å²) in [7, 11) is -1.45. The third kappa shape index (κ3) is 4.76. The molecule has 2 rings (SSSR count). The molecule has 0 aromatic carbocycles. The van der Waals surface area contributed by atoms with E-state index in [1.54, 1.807) is 0 Å². The molecule has 0 saturated carbocycles. The van der Waals surface area contributed by atoms with Crippen molar-refractivity contribution in [3.63, 3.8) is 0 Å². The van der Waals surface area contributed by atoms with Crippen LogP contribution in [-0.4, -0.2) is 42.8 Å². The highest BCUT2D eigenvalue weighted by Gasteiger charge is 2.52. The number of hydrogen-bond acceptors (Lipinski definition) is 4. The molecule has 5 nitrogen and oxygen atoms in total. The molecular weight excluding hydrogens is 331 g/mol. The molecule has 0 radical (unpaired) electrons. The molecular formula is C18H35BN2O3Si. The molecule has 0 atom stereocenters. The van der Waals surface area contributed by atoms with Crippen LogP contribution in [0, 0.1) is 0 Å². The summed E-state index contributed by atoms with van der Waals surface area (Å²) >= 11 is 0. The van der Waals surface area contributed by atoms with Gasteiger partial charge in [0.25, 0.3) is 0 Å². The Labute approximate surface area is 154 Å². The lowest BCUT2D eigenvalue weighted by Gasteiger charge is -2.32. The van der Waals surface area contributed by atoms with Crippen LogP contribution in [0.5, 0.6) is 0 Å². The zero-order valence-corrected chi connectivity index (χ0v) is 18.5. The Bertz CT molecular complexity index is 578. The van der Waals surface area contributed by atoms with E-state index < -0.39 is 8.07 Å². The maximum atomic E-state index is 6.21. The topological polar surface area (TPSA) is 45.5 Å². The normalized spacial score (nSPS) is 19.8. The van der Waals surface area contributed by atoms with Crippen LogP contribution in [0.15, 0.2) is 6.20 Å². The van der Waals surface area contributed by atoms with Gasteiger partial charge in [0.15, 0.2) is 0 Å². The van der Waals surface area contributed by atoms with Crippen LogP contribution in [-0.2, 0) is 20.8 Å². The molecule has 1 aliphatic rings. The summed E-state index contributed by atoms with van der Waals surface area (Å²) in [6, 6.07) is 1.16. The number of nitrogens with zero attached hydrogens (tertiary/aromatic N) is 2. The van der Waals surface area contributed by atoms with Gasteiger partial charge in [-0.15, -0.1) is 0 Å². The van der Waals surface area contributed by atoms with Crippen LogP contribution in [0.25, 0.3) is 0 Å². The minimum atomic E-state index is -1.07. The molecule has 0 unspecified atom stereocenters. The Kier molecular flexibility index (Phi) is 5.94. The zero-order valence-electron chi connectivity index (χ0n) is 17.5. The van der Waals surface area contributed by atoms with Crippen LogP contribution in [0.2, 0.25) is 25.7 Å². The first kappa shape index (κ1) is 20.7. The fraction of sp³-hybridized carbons (Fsp3) is 0.833. The van der Waals surface area contributed by atoms with E-state index in [9.17, 15) is 0 Å². The molecule has 142 valence electrons. The van der Waals surface area contributed by atoms with Crippen molar-refractivity contribution < 1.29 is 14.0 Å². The van der Waals surface area contributed by atoms with Gasteiger partial charge in [-0.2, -0.15) is 5.10 Å². The summed E-state index contributed by atoms with van der Waals surface area (Å²) in [4.78, 5) is 0. The molecule has 1 saturated heterocycles. The van der Waals surface area contributed by atoms with Crippen molar-refractivity contribution in [1.29, 1.82) is 0 Å². The Morgan fingerprint density at radius 1 is 1.16 bits per heavy atom. The SMILES string of the molecule is CC(C)c1c(B2OC(C)(C)C(C)(C)O2)cnn1COCC[Si](C)(C)C. The van der Waals surface area contributed by atoms with Gasteiger partial charge in [-0.05, 0) is 39.7 Å². The van der Waals surface area contributed by atoms with E-state index in [0.29, 0.717) is 12.6 Å². The molecule has 0 N–H and O–H groups in total. The zero-order chi connectivity index (χ0) is 19.0. The molecule has 0 aliphatic carbocycles. The Hall–Kier alpha value is -0.628. The van der Waals surface area contributed by atoms with Gasteiger partial charge in [-0.3, -0.25) is 0 Å². The summed E-state index contributed by atoms with van der Waals surface area (Å²) in [5.74, 6) is 0.317. The lowest BCUT2D eigenvalue weighted by molar-refractivity contribution is 0.00578. The van der Waals surface area contributed by atoms with Crippen molar-refractivity contribution >= 4 is 20.7 Å². The van der Waals surface area contributed by atoms with Crippen LogP contribution in [0.1, 0.15) is 53.2 Å². The van der Waals surface area contributed by atoms with Gasteiger partial charge in [-0.25, -0.2) is 4.68 Å². The summed E-state index contributed by atoms with van der Waals surface area (Å²) in [6.07, 6.45) is 1.87. The van der Waals surface area contributed by atoms with Gasteiger partial charge in [0, 0.05) is 32.0 Å². The Balaban J connectivity index is 2.12. The van der Waals surface area contributed by atoms with Crippen molar-refractivity contribution in [2.24, 2.45) is 0 Å². The van der Waals surface area contributed by atoms with E-state index in [1.165, 1.54) is 0 Å². The van der Waals surface area contributed by atoms with E-state index in [4.69, 9.17) is 14.0 Å². The van der Waals surface area contributed by atoms with Crippen LogP contribution in [0.4, 0.5) is 0 Å². The number of rotatable bonds is 7. The fourth-order valence-corrected chi connectivity index (χ4v) is 3.58. The second-order valence-corrected chi connectivity index (χ2v) is 15.2. The van der Waals surface area contributed by atoms with Gasteiger partial charge in [0.05, 0.1) is 11.2 Å². The molecule has 1 fully saturated rings. The molecule has 0 bridgehead atoms. The highest BCUT2D eigenvalue weighted by molar-refractivity contribution is 6.76. The highest BCUT2D eigenvalue weighted by atomic mass is 28.3. The molecule has 25 heavy (non-hydrogen) atoms. The van der Waals surface area contributed by atoms with E-state index in [2.05, 4.69) is 66.3 Å². The first-order valence-corrected chi connectivity index (χ1v) is 13.0. The Morgan fingerprint density at radius 3 is 2.20 bits per heavy atom. The number of aromatic nitrogens is 2. The quantitative estimate of drug-likeness (QED) is 0.546. The lowest BCUT2D eigenvalue weighted by atomic mass is 9.77. The van der Waals surface area contributed by atoms with E-state index in [0.717, 1.165) is 23.8 Å². The fourth-order valence-electron chi connectivity index (χ4n) is 2.82. The maximum absolute atomic E-state index is 6.21. The second-order valence-electron chi connectivity index (χ2n) is 9.58. The second kappa shape index (κ2) is 7.18. The minimum Gasteiger partial charge on any atom is -0.399 e. The molecule has 1 aliphatic heterocycles. The maximum Gasteiger partial charge on any atom is 0.498 e. The van der Waals surface area contributed by atoms with Crippen molar-refractivity contribution in [1.82, 2.24) is 9.78 Å². The molecule has 0 amide bonds. The molecule has 7 heteroatoms. The average molecular weight is 366 g/mol. The van der Waals surface area contributed by atoms with E-state index >= 15 is 0 Å². The van der Waals surface area contributed by atoms with E-state index in [-0.39, 0.29) is 18.3 Å². The van der Waals surface area contributed by atoms with E-state index in [1.807, 2.05) is 10.9 Å². The number of hydrogen-bond donors (Lipinski definition) is 0. The predicted molar refractivity (Wildman–Crippen MR) is 106 cm³/mol. The van der Waals surface area contributed by atoms with Gasteiger partial charge in [0.1, 0.15) is 6.73 Å². The monoisotopic (exact) mass is 366 g/mol. The highest BCUT2D eigenvalue weighted by Crippen LogP contribution is 2.37. The molecule has 2 heterocycles. The van der Waals surface area contributed by atoms with Crippen LogP contribution < -0.4 is 5.46 Å². The lowest BCUT2D eigenvalue weighted by Crippen LogP contribution is -2.41. The summed E-state index contributed by atoms with van der Waals surface area (Å²) in [6.45, 7) is 21.0. The van der Waals surface area contributed by atoms with Gasteiger partial charge in [-0.1, -0.05) is 33.5 Å². The third-order valence-electron chi connectivity index (χ3n) is 5.17. The van der Waals surface area contributed by atoms with Crippen LogP contribution >= 0.6 is 0 Å². The minimum absolute atomic E-state index is 0.317. The molecule has 0 spiro atoms. The van der Waals surface area contributed by atoms with Crippen molar-refractivity contribution in [2.75, 3.05) is 6.61 Å². The standard InChI is InChI=1S/C18H35BN2O3Si/c1-14(2)16-15(19-23-17(3,4)18(5,6)24-19)12-20-21(16)13-22-10-11-25(7,8)9/h12,14H,10-11,13H2,1-9H3. The molecule has 1 aromatic heterocycles. The average Bonchev–Trinajstić information content (AvgIpc) is 2.93. The third-order valence-corrected chi connectivity index (χ3v) is 6.88. The van der Waals surface area contributed by atoms with Crippen molar-refractivity contribution in [2.45, 2.75) is 91.1 Å².